The molecule has 0 spiro atoms. The van der Waals surface area contributed by atoms with Crippen LogP contribution < -0.4 is 9.47 Å². The van der Waals surface area contributed by atoms with Gasteiger partial charge in [0.2, 0.25) is 0 Å². The molecule has 21 heavy (non-hydrogen) atoms. The lowest BCUT2D eigenvalue weighted by molar-refractivity contribution is 0.103. The predicted octanol–water partition coefficient (Wildman–Crippen LogP) is 3.76. The van der Waals surface area contributed by atoms with Crippen molar-refractivity contribution in [2.24, 2.45) is 0 Å². The van der Waals surface area contributed by atoms with E-state index in [0.29, 0.717) is 41.0 Å². The number of benzene rings is 1. The molecule has 4 nitrogen and oxygen atoms in total. The van der Waals surface area contributed by atoms with Crippen molar-refractivity contribution < 1.29 is 14.3 Å². The molecule has 0 aliphatic rings. The van der Waals surface area contributed by atoms with E-state index in [4.69, 9.17) is 21.1 Å². The van der Waals surface area contributed by atoms with Crippen molar-refractivity contribution >= 4 is 17.4 Å². The molecule has 2 aromatic rings. The molecule has 0 aliphatic carbocycles. The van der Waals surface area contributed by atoms with Crippen molar-refractivity contribution in [1.29, 1.82) is 0 Å². The molecule has 2 rings (SSSR count). The Balaban J connectivity index is 2.32. The van der Waals surface area contributed by atoms with Gasteiger partial charge in [0.15, 0.2) is 17.3 Å². The molecule has 0 saturated heterocycles. The van der Waals surface area contributed by atoms with E-state index in [9.17, 15) is 4.79 Å². The van der Waals surface area contributed by atoms with Crippen LogP contribution in [-0.4, -0.2) is 24.0 Å². The zero-order chi connectivity index (χ0) is 15.2. The molecule has 0 N–H and O–H groups in total. The summed E-state index contributed by atoms with van der Waals surface area (Å²) in [4.78, 5) is 16.3. The average Bonchev–Trinajstić information content (AvgIpc) is 2.49. The Morgan fingerprint density at radius 2 is 1.71 bits per heavy atom. The maximum absolute atomic E-state index is 12.4. The summed E-state index contributed by atoms with van der Waals surface area (Å²) < 4.78 is 11.0. The van der Waals surface area contributed by atoms with E-state index in [1.54, 1.807) is 30.3 Å². The molecular formula is C16H16ClNO3. The highest BCUT2D eigenvalue weighted by Crippen LogP contribution is 2.29. The molecular weight excluding hydrogens is 290 g/mol. The minimum atomic E-state index is -0.136. The predicted molar refractivity (Wildman–Crippen MR) is 81.5 cm³/mol. The fraction of sp³-hybridized carbons (Fsp3) is 0.250. The van der Waals surface area contributed by atoms with Crippen LogP contribution in [-0.2, 0) is 0 Å². The number of nitrogens with zero attached hydrogens (tertiary/aromatic N) is 1. The van der Waals surface area contributed by atoms with Crippen molar-refractivity contribution in [3.8, 4) is 11.5 Å². The van der Waals surface area contributed by atoms with Gasteiger partial charge in [-0.25, -0.2) is 4.98 Å². The van der Waals surface area contributed by atoms with Gasteiger partial charge in [0.25, 0.3) is 0 Å². The summed E-state index contributed by atoms with van der Waals surface area (Å²) in [6, 6.07) is 8.38. The first-order valence-corrected chi connectivity index (χ1v) is 7.09. The van der Waals surface area contributed by atoms with Gasteiger partial charge in [0.1, 0.15) is 5.15 Å². The lowest BCUT2D eigenvalue weighted by Crippen LogP contribution is -2.04. The highest BCUT2D eigenvalue weighted by atomic mass is 35.5. The van der Waals surface area contributed by atoms with Crippen LogP contribution in [0.15, 0.2) is 36.5 Å². The van der Waals surface area contributed by atoms with Crippen LogP contribution in [0.25, 0.3) is 0 Å². The van der Waals surface area contributed by atoms with Gasteiger partial charge in [0, 0.05) is 17.3 Å². The lowest BCUT2D eigenvalue weighted by atomic mass is 10.0. The third kappa shape index (κ3) is 3.73. The van der Waals surface area contributed by atoms with Gasteiger partial charge in [0.05, 0.1) is 13.2 Å². The smallest absolute Gasteiger partial charge is 0.194 e. The molecule has 0 fully saturated rings. The topological polar surface area (TPSA) is 48.4 Å². The largest absolute Gasteiger partial charge is 0.490 e. The first-order chi connectivity index (χ1) is 10.2. The SMILES string of the molecule is CCOc1ccc(C(=O)c2ccc(Cl)nc2)cc1OCC. The number of ketones is 1. The number of pyridine rings is 1. The molecule has 1 aromatic carbocycles. The fourth-order valence-corrected chi connectivity index (χ4v) is 1.98. The average molecular weight is 306 g/mol. The number of hydrogen-bond acceptors (Lipinski definition) is 4. The third-order valence-corrected chi connectivity index (χ3v) is 3.02. The highest BCUT2D eigenvalue weighted by Gasteiger charge is 2.13. The molecule has 0 bridgehead atoms. The Hall–Kier alpha value is -2.07. The summed E-state index contributed by atoms with van der Waals surface area (Å²) in [7, 11) is 0. The lowest BCUT2D eigenvalue weighted by Gasteiger charge is -2.12. The zero-order valence-electron chi connectivity index (χ0n) is 11.9. The van der Waals surface area contributed by atoms with E-state index in [0.717, 1.165) is 0 Å². The fourth-order valence-electron chi connectivity index (χ4n) is 1.87. The van der Waals surface area contributed by atoms with Gasteiger partial charge >= 0.3 is 0 Å². The second-order valence-electron chi connectivity index (χ2n) is 4.23. The first-order valence-electron chi connectivity index (χ1n) is 6.71. The molecule has 1 heterocycles. The van der Waals surface area contributed by atoms with E-state index in [2.05, 4.69) is 4.98 Å². The standard InChI is InChI=1S/C16H16ClNO3/c1-3-20-13-7-5-11(9-14(13)21-4-2)16(19)12-6-8-15(17)18-10-12/h5-10H,3-4H2,1-2H3. The summed E-state index contributed by atoms with van der Waals surface area (Å²) in [6.45, 7) is 4.82. The quantitative estimate of drug-likeness (QED) is 0.602. The monoisotopic (exact) mass is 305 g/mol. The van der Waals surface area contributed by atoms with E-state index < -0.39 is 0 Å². The van der Waals surface area contributed by atoms with Gasteiger partial charge in [-0.15, -0.1) is 0 Å². The van der Waals surface area contributed by atoms with Crippen LogP contribution in [0.5, 0.6) is 11.5 Å². The summed E-state index contributed by atoms with van der Waals surface area (Å²) in [6.07, 6.45) is 1.46. The Kier molecular flexibility index (Phi) is 5.17. The van der Waals surface area contributed by atoms with E-state index in [1.807, 2.05) is 13.8 Å². The Morgan fingerprint density at radius 1 is 1.05 bits per heavy atom. The Bertz CT molecular complexity index is 626. The van der Waals surface area contributed by atoms with E-state index in [-0.39, 0.29) is 5.78 Å². The van der Waals surface area contributed by atoms with Crippen molar-refractivity contribution in [2.75, 3.05) is 13.2 Å². The second kappa shape index (κ2) is 7.09. The van der Waals surface area contributed by atoms with Gasteiger partial charge < -0.3 is 9.47 Å². The van der Waals surface area contributed by atoms with Gasteiger partial charge in [-0.1, -0.05) is 11.6 Å². The third-order valence-electron chi connectivity index (χ3n) is 2.80. The number of halogens is 1. The van der Waals surface area contributed by atoms with E-state index in [1.165, 1.54) is 6.20 Å². The van der Waals surface area contributed by atoms with Gasteiger partial charge in [-0.2, -0.15) is 0 Å². The summed E-state index contributed by atoms with van der Waals surface area (Å²) >= 11 is 5.73. The van der Waals surface area contributed by atoms with Gasteiger partial charge in [-0.05, 0) is 44.2 Å². The van der Waals surface area contributed by atoms with Crippen LogP contribution in [0.3, 0.4) is 0 Å². The van der Waals surface area contributed by atoms with Crippen LogP contribution in [0.2, 0.25) is 5.15 Å². The normalized spacial score (nSPS) is 10.2. The molecule has 1 aromatic heterocycles. The van der Waals surface area contributed by atoms with Crippen molar-refractivity contribution in [3.63, 3.8) is 0 Å². The molecule has 0 aliphatic heterocycles. The molecule has 0 amide bonds. The number of carbonyl (C=O) groups is 1. The van der Waals surface area contributed by atoms with E-state index >= 15 is 0 Å². The van der Waals surface area contributed by atoms with Crippen molar-refractivity contribution in [1.82, 2.24) is 4.98 Å². The van der Waals surface area contributed by atoms with Crippen LogP contribution in [0, 0.1) is 0 Å². The minimum absolute atomic E-state index is 0.136. The van der Waals surface area contributed by atoms with Crippen LogP contribution >= 0.6 is 11.6 Å². The van der Waals surface area contributed by atoms with Gasteiger partial charge in [-0.3, -0.25) is 4.79 Å². The number of ether oxygens (including phenoxy) is 2. The first kappa shape index (κ1) is 15.3. The molecule has 5 heteroatoms. The number of rotatable bonds is 6. The summed E-state index contributed by atoms with van der Waals surface area (Å²) in [5, 5.41) is 0.355. The molecule has 0 radical (unpaired) electrons. The number of aromatic nitrogens is 1. The molecule has 110 valence electrons. The second-order valence-corrected chi connectivity index (χ2v) is 4.61. The minimum Gasteiger partial charge on any atom is -0.490 e. The van der Waals surface area contributed by atoms with Crippen molar-refractivity contribution in [3.05, 3.63) is 52.8 Å². The highest BCUT2D eigenvalue weighted by molar-refractivity contribution is 6.29. The number of hydrogen-bond donors (Lipinski definition) is 0. The molecule has 0 saturated carbocycles. The molecule has 0 atom stereocenters. The molecule has 0 unspecified atom stereocenters. The van der Waals surface area contributed by atoms with Crippen LogP contribution in [0.4, 0.5) is 0 Å². The Labute approximate surface area is 128 Å². The van der Waals surface area contributed by atoms with Crippen molar-refractivity contribution in [2.45, 2.75) is 13.8 Å². The summed E-state index contributed by atoms with van der Waals surface area (Å²) in [5.74, 6) is 1.06. The maximum atomic E-state index is 12.4. The zero-order valence-corrected chi connectivity index (χ0v) is 12.7. The maximum Gasteiger partial charge on any atom is 0.194 e. The van der Waals surface area contributed by atoms with Crippen LogP contribution in [0.1, 0.15) is 29.8 Å². The Morgan fingerprint density at radius 3 is 2.33 bits per heavy atom. The summed E-state index contributed by atoms with van der Waals surface area (Å²) in [5.41, 5.74) is 0.997. The number of carbonyl (C=O) groups excluding carboxylic acids is 1.